The normalized spacial score (nSPS) is 16.9. The van der Waals surface area contributed by atoms with Gasteiger partial charge >= 0.3 is 0 Å². The first-order valence-corrected chi connectivity index (χ1v) is 7.26. The van der Waals surface area contributed by atoms with Crippen LogP contribution in [0.4, 0.5) is 0 Å². The number of benzene rings is 1. The van der Waals surface area contributed by atoms with E-state index in [0.717, 1.165) is 5.56 Å². The smallest absolute Gasteiger partial charge is 0.251 e. The Balaban J connectivity index is 2.18. The Kier molecular flexibility index (Phi) is 4.26. The Morgan fingerprint density at radius 3 is 2.38 bits per heavy atom. The maximum Gasteiger partial charge on any atom is 0.251 e. The van der Waals surface area contributed by atoms with Crippen LogP contribution in [0.25, 0.3) is 0 Å². The van der Waals surface area contributed by atoms with Crippen LogP contribution in [0.1, 0.15) is 49.0 Å². The van der Waals surface area contributed by atoms with Gasteiger partial charge in [-0.1, -0.05) is 17.7 Å². The highest BCUT2D eigenvalue weighted by Gasteiger charge is 2.42. The second-order valence-corrected chi connectivity index (χ2v) is 6.26. The van der Waals surface area contributed by atoms with Crippen LogP contribution >= 0.6 is 0 Å². The van der Waals surface area contributed by atoms with E-state index < -0.39 is 11.5 Å². The molecule has 1 fully saturated rings. The number of rotatable bonds is 3. The minimum absolute atomic E-state index is 0.0687. The fraction of sp³-hybridized carbons (Fsp3) is 0.471. The topological polar surface area (TPSA) is 63.2 Å². The molecule has 1 amide bonds. The third kappa shape index (κ3) is 3.38. The molecule has 4 nitrogen and oxygen atoms in total. The van der Waals surface area contributed by atoms with Gasteiger partial charge in [-0.25, -0.2) is 0 Å². The van der Waals surface area contributed by atoms with Gasteiger partial charge in [-0.15, -0.1) is 0 Å². The molecule has 2 rings (SSSR count). The van der Waals surface area contributed by atoms with E-state index in [4.69, 9.17) is 0 Å². The number of aryl methyl sites for hydroxylation is 1. The molecule has 0 bridgehead atoms. The van der Waals surface area contributed by atoms with Gasteiger partial charge in [-0.05, 0) is 39.3 Å². The molecule has 0 aliphatic heterocycles. The lowest BCUT2D eigenvalue weighted by atomic mass is 9.75. The number of carbonyl (C=O) groups excluding carboxylic acids is 3. The Labute approximate surface area is 124 Å². The maximum atomic E-state index is 12.3. The number of amides is 1. The fourth-order valence-electron chi connectivity index (χ4n) is 2.93. The van der Waals surface area contributed by atoms with E-state index >= 15 is 0 Å². The number of hydrogen-bond acceptors (Lipinski definition) is 3. The maximum absolute atomic E-state index is 12.3. The fourth-order valence-corrected chi connectivity index (χ4v) is 2.93. The largest absolute Gasteiger partial charge is 0.346 e. The zero-order valence-corrected chi connectivity index (χ0v) is 12.7. The molecule has 112 valence electrons. The van der Waals surface area contributed by atoms with Gasteiger partial charge < -0.3 is 5.32 Å². The molecule has 1 aromatic carbocycles. The SMILES string of the molecule is Cc1cccc(C(=O)NC(C)(C)C2C(=O)CCCC2=O)c1. The molecule has 21 heavy (non-hydrogen) atoms. The molecule has 1 aromatic rings. The molecule has 1 saturated carbocycles. The summed E-state index contributed by atoms with van der Waals surface area (Å²) in [5, 5.41) is 2.85. The number of hydrogen-bond donors (Lipinski definition) is 1. The van der Waals surface area contributed by atoms with E-state index in [1.165, 1.54) is 0 Å². The summed E-state index contributed by atoms with van der Waals surface area (Å²) in [6, 6.07) is 7.24. The van der Waals surface area contributed by atoms with Crippen molar-refractivity contribution < 1.29 is 14.4 Å². The third-order valence-electron chi connectivity index (χ3n) is 3.93. The van der Waals surface area contributed by atoms with Crippen molar-refractivity contribution in [2.24, 2.45) is 5.92 Å². The van der Waals surface area contributed by atoms with Crippen LogP contribution in [0, 0.1) is 12.8 Å². The number of nitrogens with one attached hydrogen (secondary N) is 1. The second kappa shape index (κ2) is 5.80. The zero-order chi connectivity index (χ0) is 15.6. The molecule has 0 saturated heterocycles. The third-order valence-corrected chi connectivity index (χ3v) is 3.93. The summed E-state index contributed by atoms with van der Waals surface area (Å²) in [4.78, 5) is 36.4. The summed E-state index contributed by atoms with van der Waals surface area (Å²) >= 11 is 0. The predicted octanol–water partition coefficient (Wildman–Crippen LogP) is 2.44. The monoisotopic (exact) mass is 287 g/mol. The van der Waals surface area contributed by atoms with Crippen molar-refractivity contribution in [1.82, 2.24) is 5.32 Å². The van der Waals surface area contributed by atoms with E-state index in [2.05, 4.69) is 5.32 Å². The molecule has 1 N–H and O–H groups in total. The number of ketones is 2. The minimum Gasteiger partial charge on any atom is -0.346 e. The van der Waals surface area contributed by atoms with Crippen molar-refractivity contribution in [3.63, 3.8) is 0 Å². The summed E-state index contributed by atoms with van der Waals surface area (Å²) in [6.07, 6.45) is 1.45. The van der Waals surface area contributed by atoms with Crippen LogP contribution in [-0.4, -0.2) is 23.0 Å². The summed E-state index contributed by atoms with van der Waals surface area (Å²) in [6.45, 7) is 5.40. The first-order chi connectivity index (χ1) is 9.81. The van der Waals surface area contributed by atoms with E-state index in [1.54, 1.807) is 26.0 Å². The lowest BCUT2D eigenvalue weighted by Crippen LogP contribution is -2.55. The second-order valence-electron chi connectivity index (χ2n) is 6.26. The molecule has 0 radical (unpaired) electrons. The van der Waals surface area contributed by atoms with Crippen molar-refractivity contribution in [2.45, 2.75) is 45.6 Å². The Morgan fingerprint density at radius 1 is 1.19 bits per heavy atom. The van der Waals surface area contributed by atoms with Crippen LogP contribution in [0.15, 0.2) is 24.3 Å². The van der Waals surface area contributed by atoms with Crippen LogP contribution in [0.3, 0.4) is 0 Å². The molecule has 0 heterocycles. The van der Waals surface area contributed by atoms with Crippen LogP contribution in [0.5, 0.6) is 0 Å². The standard InChI is InChI=1S/C17H21NO3/c1-11-6-4-7-12(10-11)16(21)18-17(2,3)15-13(19)8-5-9-14(15)20/h4,6-7,10,15H,5,8-9H2,1-3H3,(H,18,21). The minimum atomic E-state index is -0.866. The average Bonchev–Trinajstić information content (AvgIpc) is 2.37. The highest BCUT2D eigenvalue weighted by Crippen LogP contribution is 2.27. The van der Waals surface area contributed by atoms with Gasteiger partial charge in [0.15, 0.2) is 0 Å². The van der Waals surface area contributed by atoms with Gasteiger partial charge in [-0.2, -0.15) is 0 Å². The quantitative estimate of drug-likeness (QED) is 0.868. The zero-order valence-electron chi connectivity index (χ0n) is 12.7. The first kappa shape index (κ1) is 15.4. The Bertz CT molecular complexity index is 573. The van der Waals surface area contributed by atoms with Gasteiger partial charge in [0.05, 0.1) is 11.5 Å². The van der Waals surface area contributed by atoms with Gasteiger partial charge in [0.1, 0.15) is 11.6 Å². The van der Waals surface area contributed by atoms with Gasteiger partial charge in [0.2, 0.25) is 0 Å². The number of carbonyl (C=O) groups is 3. The molecule has 1 aliphatic carbocycles. The molecule has 0 spiro atoms. The summed E-state index contributed by atoms with van der Waals surface area (Å²) in [5.74, 6) is -1.13. The van der Waals surface area contributed by atoms with Crippen molar-refractivity contribution in [1.29, 1.82) is 0 Å². The summed E-state index contributed by atoms with van der Waals surface area (Å²) in [5.41, 5.74) is 0.666. The van der Waals surface area contributed by atoms with Gasteiger partial charge in [0, 0.05) is 18.4 Å². The van der Waals surface area contributed by atoms with Gasteiger partial charge in [0.25, 0.3) is 5.91 Å². The molecule has 0 aromatic heterocycles. The molecular formula is C17H21NO3. The van der Waals surface area contributed by atoms with Crippen molar-refractivity contribution in [3.05, 3.63) is 35.4 Å². The number of Topliss-reactive ketones (excluding diaryl/α,β-unsaturated/α-hetero) is 2. The molecule has 0 atom stereocenters. The lowest BCUT2D eigenvalue weighted by molar-refractivity contribution is -0.138. The van der Waals surface area contributed by atoms with E-state index in [1.807, 2.05) is 19.1 Å². The van der Waals surface area contributed by atoms with Crippen LogP contribution in [0.2, 0.25) is 0 Å². The van der Waals surface area contributed by atoms with Crippen molar-refractivity contribution in [3.8, 4) is 0 Å². The molecule has 4 heteroatoms. The first-order valence-electron chi connectivity index (χ1n) is 7.26. The van der Waals surface area contributed by atoms with E-state index in [9.17, 15) is 14.4 Å². The Morgan fingerprint density at radius 2 is 1.81 bits per heavy atom. The lowest BCUT2D eigenvalue weighted by Gasteiger charge is -2.35. The molecular weight excluding hydrogens is 266 g/mol. The van der Waals surface area contributed by atoms with Crippen LogP contribution < -0.4 is 5.32 Å². The molecule has 0 unspecified atom stereocenters. The predicted molar refractivity (Wildman–Crippen MR) is 80.1 cm³/mol. The van der Waals surface area contributed by atoms with E-state index in [0.29, 0.717) is 24.8 Å². The Hall–Kier alpha value is -1.97. The highest BCUT2D eigenvalue weighted by molar-refractivity contribution is 6.06. The van der Waals surface area contributed by atoms with Crippen molar-refractivity contribution >= 4 is 17.5 Å². The highest BCUT2D eigenvalue weighted by atomic mass is 16.2. The van der Waals surface area contributed by atoms with Crippen LogP contribution in [-0.2, 0) is 9.59 Å². The summed E-state index contributed by atoms with van der Waals surface area (Å²) in [7, 11) is 0. The van der Waals surface area contributed by atoms with Crippen molar-refractivity contribution in [2.75, 3.05) is 0 Å². The summed E-state index contributed by atoms with van der Waals surface area (Å²) < 4.78 is 0. The van der Waals surface area contributed by atoms with E-state index in [-0.39, 0.29) is 17.5 Å². The average molecular weight is 287 g/mol. The molecule has 1 aliphatic rings. The van der Waals surface area contributed by atoms with Gasteiger partial charge in [-0.3, -0.25) is 14.4 Å².